The number of methoxy groups -OCH3 is 1. The second kappa shape index (κ2) is 5.05. The van der Waals surface area contributed by atoms with Crippen LogP contribution in [-0.2, 0) is 4.74 Å². The summed E-state index contributed by atoms with van der Waals surface area (Å²) in [5, 5.41) is 1.04. The van der Waals surface area contributed by atoms with Crippen molar-refractivity contribution in [3.8, 4) is 0 Å². The van der Waals surface area contributed by atoms with Crippen molar-refractivity contribution in [1.29, 1.82) is 0 Å². The number of nitrogens with zero attached hydrogens (tertiary/aromatic N) is 2. The molecule has 0 amide bonds. The molecule has 1 fully saturated rings. The number of benzene rings is 1. The zero-order chi connectivity index (χ0) is 13.2. The lowest BCUT2D eigenvalue weighted by Crippen LogP contribution is -2.21. The molecule has 1 aliphatic rings. The van der Waals surface area contributed by atoms with Crippen LogP contribution in [0, 0.1) is 5.92 Å². The SMILES string of the molecule is COCC1CCN(c2ccc(N)c3cccnc23)C1. The van der Waals surface area contributed by atoms with Crippen LogP contribution in [0.5, 0.6) is 0 Å². The molecule has 4 heteroatoms. The first kappa shape index (κ1) is 12.2. The highest BCUT2D eigenvalue weighted by atomic mass is 16.5. The first-order chi connectivity index (χ1) is 9.29. The van der Waals surface area contributed by atoms with E-state index in [9.17, 15) is 0 Å². The summed E-state index contributed by atoms with van der Waals surface area (Å²) >= 11 is 0. The molecule has 1 aromatic carbocycles. The van der Waals surface area contributed by atoms with Crippen LogP contribution < -0.4 is 10.6 Å². The van der Waals surface area contributed by atoms with E-state index in [0.717, 1.165) is 36.3 Å². The first-order valence-electron chi connectivity index (χ1n) is 6.66. The van der Waals surface area contributed by atoms with Crippen molar-refractivity contribution in [1.82, 2.24) is 4.98 Å². The number of hydrogen-bond acceptors (Lipinski definition) is 4. The molecule has 3 rings (SSSR count). The smallest absolute Gasteiger partial charge is 0.0955 e. The Hall–Kier alpha value is -1.81. The Labute approximate surface area is 113 Å². The summed E-state index contributed by atoms with van der Waals surface area (Å²) in [6, 6.07) is 8.02. The van der Waals surface area contributed by atoms with Gasteiger partial charge in [0.05, 0.1) is 17.8 Å². The van der Waals surface area contributed by atoms with E-state index in [4.69, 9.17) is 10.5 Å². The van der Waals surface area contributed by atoms with Gasteiger partial charge < -0.3 is 15.4 Å². The fraction of sp³-hybridized carbons (Fsp3) is 0.400. The maximum absolute atomic E-state index is 6.02. The summed E-state index contributed by atoms with van der Waals surface area (Å²) in [6.45, 7) is 2.92. The molecule has 0 saturated carbocycles. The van der Waals surface area contributed by atoms with E-state index >= 15 is 0 Å². The number of hydrogen-bond donors (Lipinski definition) is 1. The van der Waals surface area contributed by atoms with Crippen LogP contribution in [0.4, 0.5) is 11.4 Å². The number of pyridine rings is 1. The van der Waals surface area contributed by atoms with Gasteiger partial charge in [-0.1, -0.05) is 0 Å². The minimum atomic E-state index is 0.612. The number of nitrogen functional groups attached to an aromatic ring is 1. The molecule has 2 N–H and O–H groups in total. The average molecular weight is 257 g/mol. The lowest BCUT2D eigenvalue weighted by Gasteiger charge is -2.20. The van der Waals surface area contributed by atoms with E-state index in [0.29, 0.717) is 5.92 Å². The highest BCUT2D eigenvalue weighted by Gasteiger charge is 2.24. The molecule has 0 spiro atoms. The Morgan fingerprint density at radius 1 is 1.42 bits per heavy atom. The van der Waals surface area contributed by atoms with E-state index < -0.39 is 0 Å². The zero-order valence-corrected chi connectivity index (χ0v) is 11.2. The topological polar surface area (TPSA) is 51.4 Å². The van der Waals surface area contributed by atoms with Gasteiger partial charge in [0.15, 0.2) is 0 Å². The van der Waals surface area contributed by atoms with Crippen LogP contribution in [-0.4, -0.2) is 31.8 Å². The van der Waals surface area contributed by atoms with Crippen molar-refractivity contribution in [3.63, 3.8) is 0 Å². The van der Waals surface area contributed by atoms with Crippen LogP contribution in [0.15, 0.2) is 30.5 Å². The molecule has 1 saturated heterocycles. The number of nitrogens with two attached hydrogens (primary N) is 1. The molecule has 19 heavy (non-hydrogen) atoms. The van der Waals surface area contributed by atoms with Crippen LogP contribution in [0.1, 0.15) is 6.42 Å². The molecule has 0 radical (unpaired) electrons. The second-order valence-corrected chi connectivity index (χ2v) is 5.13. The van der Waals surface area contributed by atoms with E-state index in [1.165, 1.54) is 12.1 Å². The predicted octanol–water partition coefficient (Wildman–Crippen LogP) is 2.29. The number of fused-ring (bicyclic) bond motifs is 1. The van der Waals surface area contributed by atoms with Crippen LogP contribution in [0.3, 0.4) is 0 Å². The van der Waals surface area contributed by atoms with Crippen LogP contribution in [0.25, 0.3) is 10.9 Å². The molecular weight excluding hydrogens is 238 g/mol. The average Bonchev–Trinajstić information content (AvgIpc) is 2.88. The van der Waals surface area contributed by atoms with Gasteiger partial charge in [-0.3, -0.25) is 4.98 Å². The Morgan fingerprint density at radius 2 is 2.32 bits per heavy atom. The summed E-state index contributed by atoms with van der Waals surface area (Å²) in [4.78, 5) is 6.89. The molecule has 4 nitrogen and oxygen atoms in total. The minimum absolute atomic E-state index is 0.612. The molecule has 1 atom stereocenters. The Morgan fingerprint density at radius 3 is 3.16 bits per heavy atom. The van der Waals surface area contributed by atoms with Gasteiger partial charge in [-0.2, -0.15) is 0 Å². The number of rotatable bonds is 3. The standard InChI is InChI=1S/C15H19N3O/c1-19-10-11-6-8-18(9-11)14-5-4-13(16)12-3-2-7-17-15(12)14/h2-5,7,11H,6,8-10,16H2,1H3. The number of anilines is 2. The Kier molecular flexibility index (Phi) is 3.25. The number of ether oxygens (including phenoxy) is 1. The van der Waals surface area contributed by atoms with Crippen molar-refractivity contribution in [3.05, 3.63) is 30.5 Å². The lowest BCUT2D eigenvalue weighted by molar-refractivity contribution is 0.161. The van der Waals surface area contributed by atoms with Gasteiger partial charge in [0.2, 0.25) is 0 Å². The zero-order valence-electron chi connectivity index (χ0n) is 11.2. The van der Waals surface area contributed by atoms with E-state index in [2.05, 4.69) is 16.0 Å². The summed E-state index contributed by atoms with van der Waals surface area (Å²) < 4.78 is 5.25. The van der Waals surface area contributed by atoms with Crippen molar-refractivity contribution < 1.29 is 4.74 Å². The van der Waals surface area contributed by atoms with E-state index in [1.807, 2.05) is 24.4 Å². The normalized spacial score (nSPS) is 19.2. The molecule has 0 bridgehead atoms. The lowest BCUT2D eigenvalue weighted by atomic mass is 10.1. The third-order valence-corrected chi connectivity index (χ3v) is 3.81. The van der Waals surface area contributed by atoms with Gasteiger partial charge in [-0.15, -0.1) is 0 Å². The molecular formula is C15H19N3O. The monoisotopic (exact) mass is 257 g/mol. The summed E-state index contributed by atoms with van der Waals surface area (Å²) in [5.74, 6) is 0.612. The Bertz CT molecular complexity index is 585. The predicted molar refractivity (Wildman–Crippen MR) is 78.4 cm³/mol. The van der Waals surface area contributed by atoms with Crippen molar-refractivity contribution in [2.75, 3.05) is 37.4 Å². The quantitative estimate of drug-likeness (QED) is 0.857. The third kappa shape index (κ3) is 2.24. The molecule has 100 valence electrons. The van der Waals surface area contributed by atoms with Crippen LogP contribution in [0.2, 0.25) is 0 Å². The highest BCUT2D eigenvalue weighted by Crippen LogP contribution is 2.32. The summed E-state index contributed by atoms with van der Waals surface area (Å²) in [7, 11) is 1.77. The number of aromatic nitrogens is 1. The van der Waals surface area contributed by atoms with Gasteiger partial charge in [0.1, 0.15) is 0 Å². The maximum atomic E-state index is 6.02. The van der Waals surface area contributed by atoms with Crippen molar-refractivity contribution in [2.24, 2.45) is 5.92 Å². The third-order valence-electron chi connectivity index (χ3n) is 3.81. The highest BCUT2D eigenvalue weighted by molar-refractivity contribution is 5.98. The molecule has 1 aromatic heterocycles. The molecule has 1 unspecified atom stereocenters. The molecule has 2 heterocycles. The van der Waals surface area contributed by atoms with Gasteiger partial charge in [0, 0.05) is 43.4 Å². The molecule has 1 aliphatic heterocycles. The van der Waals surface area contributed by atoms with Crippen LogP contribution >= 0.6 is 0 Å². The van der Waals surface area contributed by atoms with Crippen molar-refractivity contribution in [2.45, 2.75) is 6.42 Å². The van der Waals surface area contributed by atoms with Crippen molar-refractivity contribution >= 4 is 22.3 Å². The maximum Gasteiger partial charge on any atom is 0.0955 e. The van der Waals surface area contributed by atoms with E-state index in [-0.39, 0.29) is 0 Å². The Balaban J connectivity index is 1.96. The second-order valence-electron chi connectivity index (χ2n) is 5.13. The molecule has 2 aromatic rings. The molecule has 0 aliphatic carbocycles. The largest absolute Gasteiger partial charge is 0.398 e. The van der Waals surface area contributed by atoms with Gasteiger partial charge >= 0.3 is 0 Å². The minimum Gasteiger partial charge on any atom is -0.398 e. The summed E-state index contributed by atoms with van der Waals surface area (Å²) in [5.41, 5.74) is 9.00. The van der Waals surface area contributed by atoms with E-state index in [1.54, 1.807) is 7.11 Å². The summed E-state index contributed by atoms with van der Waals surface area (Å²) in [6.07, 6.45) is 3.00. The fourth-order valence-electron chi connectivity index (χ4n) is 2.86. The fourth-order valence-corrected chi connectivity index (χ4v) is 2.86. The van der Waals surface area contributed by atoms with Gasteiger partial charge in [-0.25, -0.2) is 0 Å². The van der Waals surface area contributed by atoms with Gasteiger partial charge in [0.25, 0.3) is 0 Å². The first-order valence-corrected chi connectivity index (χ1v) is 6.66. The van der Waals surface area contributed by atoms with Gasteiger partial charge in [-0.05, 0) is 30.7 Å².